The summed E-state index contributed by atoms with van der Waals surface area (Å²) in [7, 11) is 0. The van der Waals surface area contributed by atoms with Crippen LogP contribution in [0.25, 0.3) is 0 Å². The monoisotopic (exact) mass is 359 g/mol. The van der Waals surface area contributed by atoms with Crippen LogP contribution in [0.4, 0.5) is 0 Å². The van der Waals surface area contributed by atoms with Gasteiger partial charge < -0.3 is 4.84 Å². The van der Waals surface area contributed by atoms with E-state index in [0.29, 0.717) is 5.06 Å². The SMILES string of the molecule is Cc1ccc(C(=O)ON(C(=O)c2ccccc2)C(=O)c2ccccc2)cc1. The number of carbonyl (C=O) groups is 3. The molecular weight excluding hydrogens is 342 g/mol. The molecule has 0 aromatic heterocycles. The Hall–Kier alpha value is -3.73. The van der Waals surface area contributed by atoms with Gasteiger partial charge >= 0.3 is 5.97 Å². The Labute approximate surface area is 156 Å². The van der Waals surface area contributed by atoms with Gasteiger partial charge in [0.05, 0.1) is 5.56 Å². The molecular formula is C22H17NO4. The highest BCUT2D eigenvalue weighted by atomic mass is 16.7. The van der Waals surface area contributed by atoms with Crippen molar-refractivity contribution in [2.75, 3.05) is 0 Å². The van der Waals surface area contributed by atoms with Gasteiger partial charge in [0.2, 0.25) is 0 Å². The van der Waals surface area contributed by atoms with E-state index in [1.165, 1.54) is 0 Å². The average Bonchev–Trinajstić information content (AvgIpc) is 2.72. The lowest BCUT2D eigenvalue weighted by Crippen LogP contribution is -2.39. The van der Waals surface area contributed by atoms with Gasteiger partial charge in [-0.25, -0.2) is 4.79 Å². The lowest BCUT2D eigenvalue weighted by atomic mass is 10.1. The van der Waals surface area contributed by atoms with Gasteiger partial charge in [0.1, 0.15) is 0 Å². The summed E-state index contributed by atoms with van der Waals surface area (Å²) in [5, 5.41) is 0.507. The summed E-state index contributed by atoms with van der Waals surface area (Å²) in [4.78, 5) is 43.3. The summed E-state index contributed by atoms with van der Waals surface area (Å²) in [5.74, 6) is -2.22. The number of hydrogen-bond acceptors (Lipinski definition) is 4. The molecule has 0 N–H and O–H groups in total. The zero-order valence-corrected chi connectivity index (χ0v) is 14.7. The van der Waals surface area contributed by atoms with Crippen molar-refractivity contribution in [3.63, 3.8) is 0 Å². The molecule has 0 bridgehead atoms. The van der Waals surface area contributed by atoms with Crippen molar-refractivity contribution in [1.82, 2.24) is 5.06 Å². The average molecular weight is 359 g/mol. The summed E-state index contributed by atoms with van der Waals surface area (Å²) < 4.78 is 0. The highest BCUT2D eigenvalue weighted by Crippen LogP contribution is 2.14. The summed E-state index contributed by atoms with van der Waals surface area (Å²) in [5.41, 5.74) is 1.69. The Morgan fingerprint density at radius 1 is 0.630 bits per heavy atom. The van der Waals surface area contributed by atoms with E-state index in [9.17, 15) is 14.4 Å². The fourth-order valence-corrected chi connectivity index (χ4v) is 2.40. The van der Waals surface area contributed by atoms with Crippen LogP contribution in [0, 0.1) is 6.92 Å². The van der Waals surface area contributed by atoms with Crippen molar-refractivity contribution in [2.24, 2.45) is 0 Å². The number of aryl methyl sites for hydroxylation is 1. The third kappa shape index (κ3) is 4.27. The zero-order chi connectivity index (χ0) is 19.2. The van der Waals surface area contributed by atoms with Crippen LogP contribution in [0.15, 0.2) is 84.9 Å². The maximum Gasteiger partial charge on any atom is 0.363 e. The third-order valence-electron chi connectivity index (χ3n) is 3.87. The second-order valence-corrected chi connectivity index (χ2v) is 5.88. The highest BCUT2D eigenvalue weighted by Gasteiger charge is 2.29. The fourth-order valence-electron chi connectivity index (χ4n) is 2.40. The molecule has 3 aromatic rings. The van der Waals surface area contributed by atoms with Crippen LogP contribution >= 0.6 is 0 Å². The van der Waals surface area contributed by atoms with Gasteiger partial charge in [-0.2, -0.15) is 0 Å². The highest BCUT2D eigenvalue weighted by molar-refractivity contribution is 6.10. The minimum atomic E-state index is -0.788. The predicted molar refractivity (Wildman–Crippen MR) is 100.0 cm³/mol. The number of hydroxylamine groups is 2. The van der Waals surface area contributed by atoms with E-state index in [0.717, 1.165) is 5.56 Å². The molecule has 27 heavy (non-hydrogen) atoms. The van der Waals surface area contributed by atoms with E-state index >= 15 is 0 Å². The molecule has 5 nitrogen and oxygen atoms in total. The van der Waals surface area contributed by atoms with Gasteiger partial charge in [0.15, 0.2) is 0 Å². The van der Waals surface area contributed by atoms with Crippen molar-refractivity contribution in [3.05, 3.63) is 107 Å². The van der Waals surface area contributed by atoms with Gasteiger partial charge in [-0.3, -0.25) is 9.59 Å². The molecule has 0 aliphatic carbocycles. The topological polar surface area (TPSA) is 63.7 Å². The number of benzene rings is 3. The van der Waals surface area contributed by atoms with Crippen LogP contribution in [0.5, 0.6) is 0 Å². The number of nitrogens with zero attached hydrogens (tertiary/aromatic N) is 1. The standard InChI is InChI=1S/C22H17NO4/c1-16-12-14-19(15-13-16)22(26)27-23(20(24)17-8-4-2-5-9-17)21(25)18-10-6-3-7-11-18/h2-15H,1H3. The van der Waals surface area contributed by atoms with E-state index < -0.39 is 17.8 Å². The van der Waals surface area contributed by atoms with Crippen molar-refractivity contribution in [3.8, 4) is 0 Å². The van der Waals surface area contributed by atoms with Crippen LogP contribution in [-0.4, -0.2) is 22.8 Å². The first-order chi connectivity index (χ1) is 13.1. The fraction of sp³-hybridized carbons (Fsp3) is 0.0455. The summed E-state index contributed by atoms with van der Waals surface area (Å²) >= 11 is 0. The minimum absolute atomic E-state index is 0.235. The molecule has 0 aliphatic heterocycles. The number of carbonyl (C=O) groups excluding carboxylic acids is 3. The van der Waals surface area contributed by atoms with Gasteiger partial charge in [0, 0.05) is 11.1 Å². The molecule has 2 amide bonds. The Balaban J connectivity index is 1.92. The van der Waals surface area contributed by atoms with E-state index in [1.807, 2.05) is 6.92 Å². The number of hydrogen-bond donors (Lipinski definition) is 0. The number of rotatable bonds is 3. The van der Waals surface area contributed by atoms with Crippen LogP contribution < -0.4 is 0 Å². The Kier molecular flexibility index (Phi) is 5.42. The molecule has 0 fully saturated rings. The van der Waals surface area contributed by atoms with Gasteiger partial charge in [-0.1, -0.05) is 59.2 Å². The Morgan fingerprint density at radius 3 is 1.52 bits per heavy atom. The van der Waals surface area contributed by atoms with Gasteiger partial charge in [-0.05, 0) is 43.3 Å². The van der Waals surface area contributed by atoms with E-state index in [1.54, 1.807) is 84.9 Å². The van der Waals surface area contributed by atoms with Crippen LogP contribution in [0.1, 0.15) is 36.6 Å². The first-order valence-electron chi connectivity index (χ1n) is 8.34. The molecule has 0 atom stereocenters. The largest absolute Gasteiger partial charge is 0.363 e. The lowest BCUT2D eigenvalue weighted by molar-refractivity contribution is -0.0616. The molecule has 0 spiro atoms. The van der Waals surface area contributed by atoms with E-state index in [-0.39, 0.29) is 16.7 Å². The van der Waals surface area contributed by atoms with Crippen molar-refractivity contribution < 1.29 is 19.2 Å². The van der Waals surface area contributed by atoms with Crippen LogP contribution in [-0.2, 0) is 4.84 Å². The predicted octanol–water partition coefficient (Wildman–Crippen LogP) is 4.05. The summed E-state index contributed by atoms with van der Waals surface area (Å²) in [6, 6.07) is 23.0. The molecule has 3 rings (SSSR count). The van der Waals surface area contributed by atoms with Gasteiger partial charge in [0.25, 0.3) is 11.8 Å². The summed E-state index contributed by atoms with van der Waals surface area (Å²) in [6.45, 7) is 1.89. The van der Waals surface area contributed by atoms with Crippen LogP contribution in [0.3, 0.4) is 0 Å². The second-order valence-electron chi connectivity index (χ2n) is 5.88. The molecule has 0 heterocycles. The quantitative estimate of drug-likeness (QED) is 0.523. The van der Waals surface area contributed by atoms with Crippen molar-refractivity contribution in [1.29, 1.82) is 0 Å². The van der Waals surface area contributed by atoms with E-state index in [4.69, 9.17) is 4.84 Å². The zero-order valence-electron chi connectivity index (χ0n) is 14.7. The van der Waals surface area contributed by atoms with Gasteiger partial charge in [-0.15, -0.1) is 0 Å². The Morgan fingerprint density at radius 2 is 1.07 bits per heavy atom. The molecule has 0 saturated heterocycles. The molecule has 3 aromatic carbocycles. The second kappa shape index (κ2) is 8.10. The molecule has 0 unspecified atom stereocenters. The number of imide groups is 1. The minimum Gasteiger partial charge on any atom is -0.324 e. The van der Waals surface area contributed by atoms with Crippen molar-refractivity contribution >= 4 is 17.8 Å². The molecule has 0 radical (unpaired) electrons. The van der Waals surface area contributed by atoms with Crippen LogP contribution in [0.2, 0.25) is 0 Å². The number of amides is 2. The normalized spacial score (nSPS) is 10.1. The maximum absolute atomic E-state index is 12.8. The first-order valence-corrected chi connectivity index (χ1v) is 8.34. The molecule has 0 aliphatic rings. The molecule has 0 saturated carbocycles. The van der Waals surface area contributed by atoms with Crippen molar-refractivity contribution in [2.45, 2.75) is 6.92 Å². The Bertz CT molecular complexity index is 899. The third-order valence-corrected chi connectivity index (χ3v) is 3.87. The first kappa shape index (κ1) is 18.1. The lowest BCUT2D eigenvalue weighted by Gasteiger charge is -2.19. The molecule has 5 heteroatoms. The smallest absolute Gasteiger partial charge is 0.324 e. The maximum atomic E-state index is 12.8. The molecule has 134 valence electrons. The summed E-state index contributed by atoms with van der Waals surface area (Å²) in [6.07, 6.45) is 0. The van der Waals surface area contributed by atoms with E-state index in [2.05, 4.69) is 0 Å².